The van der Waals surface area contributed by atoms with Gasteiger partial charge in [0.2, 0.25) is 0 Å². The molecule has 0 saturated heterocycles. The zero-order valence-electron chi connectivity index (χ0n) is 10.4. The second kappa shape index (κ2) is 5.31. The van der Waals surface area contributed by atoms with Gasteiger partial charge in [0.25, 0.3) is 0 Å². The molecule has 1 aromatic rings. The minimum atomic E-state index is -4.25. The van der Waals surface area contributed by atoms with Crippen LogP contribution in [-0.2, 0) is 12.7 Å². The van der Waals surface area contributed by atoms with Crippen LogP contribution in [0.5, 0.6) is 0 Å². The Morgan fingerprint density at radius 3 is 2.67 bits per heavy atom. The predicted octanol–water partition coefficient (Wildman–Crippen LogP) is 3.98. The van der Waals surface area contributed by atoms with Crippen LogP contribution >= 0.6 is 0 Å². The third kappa shape index (κ3) is 3.25. The minimum absolute atomic E-state index is 0.444. The molecule has 4 heteroatoms. The average Bonchev–Trinajstić information content (AvgIpc) is 2.72. The van der Waals surface area contributed by atoms with Crippen molar-refractivity contribution in [1.29, 1.82) is 0 Å². The molecule has 0 bridgehead atoms. The summed E-state index contributed by atoms with van der Waals surface area (Å²) in [5.41, 5.74) is 0.130. The zero-order chi connectivity index (χ0) is 13.2. The van der Waals surface area contributed by atoms with Gasteiger partial charge in [-0.15, -0.1) is 0 Å². The molecule has 1 fully saturated rings. The average molecular weight is 257 g/mol. The van der Waals surface area contributed by atoms with Crippen molar-refractivity contribution in [1.82, 2.24) is 5.32 Å². The van der Waals surface area contributed by atoms with Crippen LogP contribution in [0.15, 0.2) is 24.3 Å². The highest BCUT2D eigenvalue weighted by Gasteiger charge is 2.30. The first-order valence-corrected chi connectivity index (χ1v) is 6.36. The second-order valence-corrected chi connectivity index (χ2v) is 5.09. The Morgan fingerprint density at radius 1 is 1.28 bits per heavy atom. The van der Waals surface area contributed by atoms with E-state index < -0.39 is 11.7 Å². The van der Waals surface area contributed by atoms with Crippen LogP contribution in [0.25, 0.3) is 0 Å². The number of hydrogen-bond acceptors (Lipinski definition) is 1. The Labute approximate surface area is 105 Å². The van der Waals surface area contributed by atoms with Gasteiger partial charge >= 0.3 is 6.18 Å². The molecule has 1 aliphatic rings. The van der Waals surface area contributed by atoms with E-state index in [2.05, 4.69) is 12.2 Å². The molecule has 1 aromatic carbocycles. The molecule has 2 atom stereocenters. The van der Waals surface area contributed by atoms with Crippen molar-refractivity contribution in [2.75, 3.05) is 0 Å². The number of hydrogen-bond donors (Lipinski definition) is 1. The van der Waals surface area contributed by atoms with Gasteiger partial charge in [0, 0.05) is 12.6 Å². The summed E-state index contributed by atoms with van der Waals surface area (Å²) in [4.78, 5) is 0. The molecule has 1 nitrogen and oxygen atoms in total. The summed E-state index contributed by atoms with van der Waals surface area (Å²) < 4.78 is 37.7. The number of benzene rings is 1. The fourth-order valence-corrected chi connectivity index (χ4v) is 2.56. The molecule has 100 valence electrons. The largest absolute Gasteiger partial charge is 0.416 e. The van der Waals surface area contributed by atoms with Crippen molar-refractivity contribution in [3.05, 3.63) is 35.4 Å². The summed E-state index contributed by atoms with van der Waals surface area (Å²) >= 11 is 0. The lowest BCUT2D eigenvalue weighted by Crippen LogP contribution is -2.30. The Bertz CT molecular complexity index is 400. The van der Waals surface area contributed by atoms with Gasteiger partial charge in [0.05, 0.1) is 5.56 Å². The molecular weight excluding hydrogens is 239 g/mol. The molecule has 0 aliphatic heterocycles. The van der Waals surface area contributed by atoms with Gasteiger partial charge in [-0.1, -0.05) is 31.5 Å². The van der Waals surface area contributed by atoms with Crippen LogP contribution in [0.1, 0.15) is 37.3 Å². The summed E-state index contributed by atoms with van der Waals surface area (Å²) in [6.45, 7) is 2.70. The lowest BCUT2D eigenvalue weighted by Gasteiger charge is -2.17. The summed E-state index contributed by atoms with van der Waals surface area (Å²) in [6, 6.07) is 5.99. The molecule has 1 saturated carbocycles. The maximum atomic E-state index is 12.6. The van der Waals surface area contributed by atoms with Gasteiger partial charge < -0.3 is 5.32 Å². The van der Waals surface area contributed by atoms with E-state index in [4.69, 9.17) is 0 Å². The van der Waals surface area contributed by atoms with Crippen LogP contribution in [-0.4, -0.2) is 6.04 Å². The van der Waals surface area contributed by atoms with Crippen molar-refractivity contribution in [3.63, 3.8) is 0 Å². The first-order chi connectivity index (χ1) is 8.47. The number of alkyl halides is 3. The van der Waals surface area contributed by atoms with Crippen molar-refractivity contribution in [3.8, 4) is 0 Å². The van der Waals surface area contributed by atoms with E-state index in [0.29, 0.717) is 24.1 Å². The fraction of sp³-hybridized carbons (Fsp3) is 0.571. The molecular formula is C14H18F3N. The molecule has 18 heavy (non-hydrogen) atoms. The second-order valence-electron chi connectivity index (χ2n) is 5.09. The molecule has 0 radical (unpaired) electrons. The summed E-state index contributed by atoms with van der Waals surface area (Å²) in [6.07, 6.45) is -0.710. The van der Waals surface area contributed by atoms with E-state index in [9.17, 15) is 13.2 Å². The monoisotopic (exact) mass is 257 g/mol. The van der Waals surface area contributed by atoms with E-state index in [1.54, 1.807) is 6.07 Å². The highest BCUT2D eigenvalue weighted by atomic mass is 19.4. The van der Waals surface area contributed by atoms with Crippen LogP contribution in [0, 0.1) is 5.92 Å². The highest BCUT2D eigenvalue weighted by molar-refractivity contribution is 5.25. The van der Waals surface area contributed by atoms with Gasteiger partial charge in [-0.05, 0) is 30.4 Å². The van der Waals surface area contributed by atoms with Gasteiger partial charge in [0.15, 0.2) is 0 Å². The maximum Gasteiger partial charge on any atom is 0.416 e. The van der Waals surface area contributed by atoms with Gasteiger partial charge in [-0.2, -0.15) is 13.2 Å². The van der Waals surface area contributed by atoms with E-state index in [0.717, 1.165) is 12.5 Å². The summed E-state index contributed by atoms with van der Waals surface area (Å²) in [5.74, 6) is 0.621. The lowest BCUT2D eigenvalue weighted by molar-refractivity contribution is -0.137. The standard InChI is InChI=1S/C14H18F3N/c1-10-4-2-7-13(10)18-9-11-5-3-6-12(8-11)14(15,16)17/h3,5-6,8,10,13,18H,2,4,7,9H2,1H3. The van der Waals surface area contributed by atoms with Gasteiger partial charge in [-0.25, -0.2) is 0 Å². The first-order valence-electron chi connectivity index (χ1n) is 6.36. The van der Waals surface area contributed by atoms with Crippen LogP contribution in [0.2, 0.25) is 0 Å². The molecule has 0 amide bonds. The molecule has 2 unspecified atom stereocenters. The third-order valence-corrected chi connectivity index (χ3v) is 3.68. The number of halogens is 3. The number of rotatable bonds is 3. The predicted molar refractivity (Wildman–Crippen MR) is 65.1 cm³/mol. The van der Waals surface area contributed by atoms with Crippen molar-refractivity contribution in [2.45, 2.75) is 44.9 Å². The highest BCUT2D eigenvalue weighted by Crippen LogP contribution is 2.30. The molecule has 0 heterocycles. The van der Waals surface area contributed by atoms with E-state index in [1.807, 2.05) is 0 Å². The fourth-order valence-electron chi connectivity index (χ4n) is 2.56. The Balaban J connectivity index is 1.97. The van der Waals surface area contributed by atoms with Crippen molar-refractivity contribution >= 4 is 0 Å². The Morgan fingerprint density at radius 2 is 2.06 bits per heavy atom. The van der Waals surface area contributed by atoms with Crippen LogP contribution < -0.4 is 5.32 Å². The molecule has 1 aliphatic carbocycles. The first kappa shape index (κ1) is 13.4. The normalized spacial score (nSPS) is 24.4. The lowest BCUT2D eigenvalue weighted by atomic mass is 10.1. The van der Waals surface area contributed by atoms with Gasteiger partial charge in [0.1, 0.15) is 0 Å². The van der Waals surface area contributed by atoms with Crippen molar-refractivity contribution in [2.24, 2.45) is 5.92 Å². The van der Waals surface area contributed by atoms with Crippen LogP contribution in [0.4, 0.5) is 13.2 Å². The Hall–Kier alpha value is -1.03. The smallest absolute Gasteiger partial charge is 0.310 e. The quantitative estimate of drug-likeness (QED) is 0.863. The van der Waals surface area contributed by atoms with Crippen molar-refractivity contribution < 1.29 is 13.2 Å². The Kier molecular flexibility index (Phi) is 3.95. The van der Waals surface area contributed by atoms with E-state index in [1.165, 1.54) is 25.0 Å². The molecule has 2 rings (SSSR count). The molecule has 1 N–H and O–H groups in total. The zero-order valence-corrected chi connectivity index (χ0v) is 10.4. The van der Waals surface area contributed by atoms with Crippen LogP contribution in [0.3, 0.4) is 0 Å². The third-order valence-electron chi connectivity index (χ3n) is 3.68. The minimum Gasteiger partial charge on any atom is -0.310 e. The van der Waals surface area contributed by atoms with E-state index in [-0.39, 0.29) is 0 Å². The topological polar surface area (TPSA) is 12.0 Å². The summed E-state index contributed by atoms with van der Waals surface area (Å²) in [7, 11) is 0. The summed E-state index contributed by atoms with van der Waals surface area (Å²) in [5, 5.41) is 3.36. The SMILES string of the molecule is CC1CCCC1NCc1cccc(C(F)(F)F)c1. The number of nitrogens with one attached hydrogen (secondary N) is 1. The maximum absolute atomic E-state index is 12.6. The van der Waals surface area contributed by atoms with E-state index >= 15 is 0 Å². The molecule has 0 aromatic heterocycles. The van der Waals surface area contributed by atoms with Gasteiger partial charge in [-0.3, -0.25) is 0 Å². The molecule has 0 spiro atoms.